The van der Waals surface area contributed by atoms with E-state index in [0.29, 0.717) is 0 Å². The first kappa shape index (κ1) is 28.7. The van der Waals surface area contributed by atoms with Crippen LogP contribution in [-0.2, 0) is 0 Å². The fourth-order valence-corrected chi connectivity index (χ4v) is 3.83. The van der Waals surface area contributed by atoms with Crippen LogP contribution in [0.1, 0.15) is 116 Å². The maximum absolute atomic E-state index is 3.73. The van der Waals surface area contributed by atoms with E-state index in [1.807, 2.05) is 0 Å². The van der Waals surface area contributed by atoms with Gasteiger partial charge in [-0.2, -0.15) is 0 Å². The molecule has 0 bridgehead atoms. The van der Waals surface area contributed by atoms with Gasteiger partial charge in [-0.3, -0.25) is 0 Å². The Morgan fingerprint density at radius 3 is 1.42 bits per heavy atom. The van der Waals surface area contributed by atoms with Gasteiger partial charge in [0.15, 0.2) is 0 Å². The van der Waals surface area contributed by atoms with Gasteiger partial charge in [0.2, 0.25) is 0 Å². The number of unbranched alkanes of at least 4 members (excludes halogenated alkanes) is 14. The van der Waals surface area contributed by atoms with Crippen LogP contribution in [0.25, 0.3) is 0 Å². The van der Waals surface area contributed by atoms with Gasteiger partial charge in [-0.1, -0.05) is 96.8 Å². The van der Waals surface area contributed by atoms with Crippen LogP contribution in [0.15, 0.2) is 0 Å². The first-order chi connectivity index (χ1) is 11.9. The Hall–Kier alpha value is 0.500. The number of halogens is 2. The number of hydrogen-bond acceptors (Lipinski definition) is 2. The molecule has 160 valence electrons. The van der Waals surface area contributed by atoms with Gasteiger partial charge in [0.25, 0.3) is 0 Å². The molecule has 1 fully saturated rings. The van der Waals surface area contributed by atoms with Crippen molar-refractivity contribution >= 4 is 24.8 Å². The summed E-state index contributed by atoms with van der Waals surface area (Å²) in [6.07, 6.45) is 24.4. The highest BCUT2D eigenvalue weighted by molar-refractivity contribution is 5.85. The minimum absolute atomic E-state index is 0. The van der Waals surface area contributed by atoms with Crippen LogP contribution in [0.5, 0.6) is 0 Å². The zero-order valence-corrected chi connectivity index (χ0v) is 19.2. The molecule has 0 unspecified atom stereocenters. The van der Waals surface area contributed by atoms with E-state index in [2.05, 4.69) is 17.6 Å². The van der Waals surface area contributed by atoms with Crippen molar-refractivity contribution in [2.45, 2.75) is 122 Å². The predicted octanol–water partition coefficient (Wildman–Crippen LogP) is 7.04. The van der Waals surface area contributed by atoms with Gasteiger partial charge >= 0.3 is 0 Å². The average Bonchev–Trinajstić information content (AvgIpc) is 2.62. The van der Waals surface area contributed by atoms with Crippen molar-refractivity contribution in [3.63, 3.8) is 0 Å². The van der Waals surface area contributed by atoms with Crippen LogP contribution < -0.4 is 10.6 Å². The van der Waals surface area contributed by atoms with Crippen molar-refractivity contribution in [1.29, 1.82) is 0 Å². The second-order valence-electron chi connectivity index (χ2n) is 7.93. The molecule has 1 saturated heterocycles. The topological polar surface area (TPSA) is 24.1 Å². The zero-order chi connectivity index (χ0) is 17.1. The lowest BCUT2D eigenvalue weighted by atomic mass is 10.0. The molecule has 0 spiro atoms. The smallest absolute Gasteiger partial charge is 0.00912 e. The molecular formula is C22H48Cl2N2. The minimum Gasteiger partial charge on any atom is -0.317 e. The van der Waals surface area contributed by atoms with E-state index in [4.69, 9.17) is 0 Å². The second kappa shape index (κ2) is 23.5. The van der Waals surface area contributed by atoms with Gasteiger partial charge in [-0.15, -0.1) is 24.8 Å². The fraction of sp³-hybridized carbons (Fsp3) is 1.00. The lowest BCUT2D eigenvalue weighted by Crippen LogP contribution is -2.40. The van der Waals surface area contributed by atoms with Crippen molar-refractivity contribution in [3.05, 3.63) is 0 Å². The molecule has 1 aliphatic heterocycles. The summed E-state index contributed by atoms with van der Waals surface area (Å²) in [6.45, 7) is 5.95. The summed E-state index contributed by atoms with van der Waals surface area (Å²) in [5.74, 6) is 0. The van der Waals surface area contributed by atoms with Crippen molar-refractivity contribution < 1.29 is 0 Å². The summed E-state index contributed by atoms with van der Waals surface area (Å²) in [5.41, 5.74) is 0. The molecule has 0 aliphatic carbocycles. The largest absolute Gasteiger partial charge is 0.317 e. The van der Waals surface area contributed by atoms with Crippen LogP contribution in [-0.4, -0.2) is 25.7 Å². The van der Waals surface area contributed by atoms with E-state index in [1.54, 1.807) is 0 Å². The van der Waals surface area contributed by atoms with Gasteiger partial charge in [0.1, 0.15) is 0 Å². The van der Waals surface area contributed by atoms with Crippen LogP contribution in [0, 0.1) is 0 Å². The van der Waals surface area contributed by atoms with Gasteiger partial charge in [-0.25, -0.2) is 0 Å². The Balaban J connectivity index is 0. The first-order valence-electron chi connectivity index (χ1n) is 11.4. The van der Waals surface area contributed by atoms with Gasteiger partial charge in [0.05, 0.1) is 0 Å². The Morgan fingerprint density at radius 2 is 1.00 bits per heavy atom. The monoisotopic (exact) mass is 410 g/mol. The normalized spacial score (nSPS) is 14.7. The molecule has 0 aromatic carbocycles. The van der Waals surface area contributed by atoms with Crippen LogP contribution >= 0.6 is 24.8 Å². The predicted molar refractivity (Wildman–Crippen MR) is 123 cm³/mol. The summed E-state index contributed by atoms with van der Waals surface area (Å²) in [6, 6.07) is 0.790. The lowest BCUT2D eigenvalue weighted by Gasteiger charge is -2.23. The number of hydrogen-bond donors (Lipinski definition) is 2. The van der Waals surface area contributed by atoms with Gasteiger partial charge < -0.3 is 10.6 Å². The molecule has 26 heavy (non-hydrogen) atoms. The van der Waals surface area contributed by atoms with Crippen LogP contribution in [0.3, 0.4) is 0 Å². The fourth-order valence-electron chi connectivity index (χ4n) is 3.83. The number of nitrogens with one attached hydrogen (secondary N) is 2. The molecule has 1 rings (SSSR count). The molecule has 2 nitrogen and oxygen atoms in total. The van der Waals surface area contributed by atoms with E-state index in [0.717, 1.165) is 6.04 Å². The van der Waals surface area contributed by atoms with Crippen LogP contribution in [0.4, 0.5) is 0 Å². The third-order valence-corrected chi connectivity index (χ3v) is 5.55. The Bertz CT molecular complexity index is 246. The van der Waals surface area contributed by atoms with Crippen molar-refractivity contribution in [1.82, 2.24) is 10.6 Å². The highest BCUT2D eigenvalue weighted by atomic mass is 35.5. The molecule has 0 aromatic heterocycles. The molecule has 0 aromatic rings. The third kappa shape index (κ3) is 19.3. The van der Waals surface area contributed by atoms with Gasteiger partial charge in [-0.05, 0) is 38.9 Å². The summed E-state index contributed by atoms with van der Waals surface area (Å²) < 4.78 is 0. The van der Waals surface area contributed by atoms with E-state index >= 15 is 0 Å². The SMILES string of the molecule is CCCCCCCCCCCCCCCCCNC1CCNCC1.Cl.Cl. The van der Waals surface area contributed by atoms with E-state index < -0.39 is 0 Å². The molecular weight excluding hydrogens is 363 g/mol. The van der Waals surface area contributed by atoms with E-state index in [9.17, 15) is 0 Å². The van der Waals surface area contributed by atoms with E-state index in [1.165, 1.54) is 129 Å². The first-order valence-corrected chi connectivity index (χ1v) is 11.4. The molecule has 1 aliphatic rings. The number of rotatable bonds is 17. The highest BCUT2D eigenvalue weighted by Gasteiger charge is 2.10. The zero-order valence-electron chi connectivity index (χ0n) is 17.5. The maximum atomic E-state index is 3.73. The molecule has 0 atom stereocenters. The Morgan fingerprint density at radius 1 is 0.615 bits per heavy atom. The molecule has 1 heterocycles. The summed E-state index contributed by atoms with van der Waals surface area (Å²) in [7, 11) is 0. The maximum Gasteiger partial charge on any atom is 0.00912 e. The Kier molecular flexibility index (Phi) is 26.0. The molecule has 0 amide bonds. The van der Waals surface area contributed by atoms with Crippen molar-refractivity contribution in [3.8, 4) is 0 Å². The second-order valence-corrected chi connectivity index (χ2v) is 7.93. The third-order valence-electron chi connectivity index (χ3n) is 5.55. The summed E-state index contributed by atoms with van der Waals surface area (Å²) in [5, 5.41) is 7.16. The standard InChI is InChI=1S/C22H46N2.2ClH/c1-2-3-4-5-6-7-8-9-10-11-12-13-14-15-16-19-24-22-17-20-23-21-18-22;;/h22-24H,2-21H2,1H3;2*1H. The minimum atomic E-state index is 0. The lowest BCUT2D eigenvalue weighted by molar-refractivity contribution is 0.383. The molecule has 0 saturated carbocycles. The Labute approximate surface area is 177 Å². The molecule has 4 heteroatoms. The average molecular weight is 412 g/mol. The van der Waals surface area contributed by atoms with E-state index in [-0.39, 0.29) is 24.8 Å². The van der Waals surface area contributed by atoms with Crippen molar-refractivity contribution in [2.75, 3.05) is 19.6 Å². The highest BCUT2D eigenvalue weighted by Crippen LogP contribution is 2.13. The summed E-state index contributed by atoms with van der Waals surface area (Å²) >= 11 is 0. The molecule has 2 N–H and O–H groups in total. The quantitative estimate of drug-likeness (QED) is 0.251. The number of piperidine rings is 1. The van der Waals surface area contributed by atoms with Crippen LogP contribution in [0.2, 0.25) is 0 Å². The molecule has 0 radical (unpaired) electrons. The summed E-state index contributed by atoms with van der Waals surface area (Å²) in [4.78, 5) is 0. The van der Waals surface area contributed by atoms with Crippen molar-refractivity contribution in [2.24, 2.45) is 0 Å². The van der Waals surface area contributed by atoms with Gasteiger partial charge in [0, 0.05) is 6.04 Å².